The van der Waals surface area contributed by atoms with Gasteiger partial charge in [-0.3, -0.25) is 4.79 Å². The number of rotatable bonds is 3. The van der Waals surface area contributed by atoms with Gasteiger partial charge >= 0.3 is 0 Å². The average Bonchev–Trinajstić information content (AvgIpc) is 2.32. The van der Waals surface area contributed by atoms with Crippen LogP contribution in [-0.4, -0.2) is 5.78 Å². The zero-order valence-corrected chi connectivity index (χ0v) is 9.31. The van der Waals surface area contributed by atoms with E-state index in [2.05, 4.69) is 0 Å². The van der Waals surface area contributed by atoms with Crippen LogP contribution in [0.3, 0.4) is 0 Å². The number of ketones is 1. The Bertz CT molecular complexity index is 549. The van der Waals surface area contributed by atoms with E-state index >= 15 is 0 Å². The molecule has 2 aromatic carbocycles. The van der Waals surface area contributed by atoms with Crippen LogP contribution in [0, 0.1) is 5.82 Å². The lowest BCUT2D eigenvalue weighted by Gasteiger charge is -2.09. The SMILES string of the molecule is CC(=O)c1ccccc1Oc1ccccc1F. The lowest BCUT2D eigenvalue weighted by atomic mass is 10.1. The van der Waals surface area contributed by atoms with Crippen LogP contribution in [-0.2, 0) is 0 Å². The van der Waals surface area contributed by atoms with Crippen LogP contribution in [0.2, 0.25) is 0 Å². The van der Waals surface area contributed by atoms with Crippen molar-refractivity contribution in [1.82, 2.24) is 0 Å². The molecule has 0 N–H and O–H groups in total. The Kier molecular flexibility index (Phi) is 3.19. The van der Waals surface area contributed by atoms with Gasteiger partial charge in [0.05, 0.1) is 5.56 Å². The number of Topliss-reactive ketones (excluding diaryl/α,β-unsaturated/α-hetero) is 1. The number of benzene rings is 2. The summed E-state index contributed by atoms with van der Waals surface area (Å²) in [4.78, 5) is 11.4. The van der Waals surface area contributed by atoms with Gasteiger partial charge < -0.3 is 4.74 Å². The Hall–Kier alpha value is -2.16. The second-order valence-electron chi connectivity index (χ2n) is 3.58. The Morgan fingerprint density at radius 2 is 1.59 bits per heavy atom. The number of hydrogen-bond acceptors (Lipinski definition) is 2. The summed E-state index contributed by atoms with van der Waals surface area (Å²) in [7, 11) is 0. The summed E-state index contributed by atoms with van der Waals surface area (Å²) in [6.07, 6.45) is 0. The fourth-order valence-electron chi connectivity index (χ4n) is 1.49. The molecule has 0 aromatic heterocycles. The van der Waals surface area contributed by atoms with Crippen molar-refractivity contribution in [2.75, 3.05) is 0 Å². The maximum atomic E-state index is 13.4. The molecule has 0 heterocycles. The summed E-state index contributed by atoms with van der Waals surface area (Å²) in [5.41, 5.74) is 0.441. The molecule has 2 rings (SSSR count). The lowest BCUT2D eigenvalue weighted by molar-refractivity contribution is 0.101. The molecule has 0 unspecified atom stereocenters. The first-order valence-electron chi connectivity index (χ1n) is 5.21. The molecule has 0 atom stereocenters. The van der Waals surface area contributed by atoms with Gasteiger partial charge in [-0.05, 0) is 31.2 Å². The summed E-state index contributed by atoms with van der Waals surface area (Å²) >= 11 is 0. The highest BCUT2D eigenvalue weighted by atomic mass is 19.1. The van der Waals surface area contributed by atoms with Crippen molar-refractivity contribution in [1.29, 1.82) is 0 Å². The molecule has 0 spiro atoms. The number of hydrogen-bond donors (Lipinski definition) is 0. The fraction of sp³-hybridized carbons (Fsp3) is 0.0714. The fourth-order valence-corrected chi connectivity index (χ4v) is 1.49. The molecule has 0 aliphatic heterocycles. The maximum Gasteiger partial charge on any atom is 0.165 e. The van der Waals surface area contributed by atoms with Crippen LogP contribution in [0.4, 0.5) is 4.39 Å². The quantitative estimate of drug-likeness (QED) is 0.749. The number of para-hydroxylation sites is 2. The highest BCUT2D eigenvalue weighted by molar-refractivity contribution is 5.96. The molecule has 0 saturated heterocycles. The van der Waals surface area contributed by atoms with Crippen molar-refractivity contribution >= 4 is 5.78 Å². The molecule has 2 aromatic rings. The minimum Gasteiger partial charge on any atom is -0.454 e. The van der Waals surface area contributed by atoms with Gasteiger partial charge in [-0.25, -0.2) is 4.39 Å². The highest BCUT2D eigenvalue weighted by Crippen LogP contribution is 2.27. The first kappa shape index (κ1) is 11.3. The van der Waals surface area contributed by atoms with Gasteiger partial charge in [-0.1, -0.05) is 24.3 Å². The number of carbonyl (C=O) groups is 1. The predicted octanol–water partition coefficient (Wildman–Crippen LogP) is 3.82. The molecule has 0 aliphatic rings. The van der Waals surface area contributed by atoms with Crippen LogP contribution in [0.25, 0.3) is 0 Å². The van der Waals surface area contributed by atoms with E-state index in [0.717, 1.165) is 0 Å². The van der Waals surface area contributed by atoms with Gasteiger partial charge in [0.2, 0.25) is 0 Å². The Morgan fingerprint density at radius 3 is 2.24 bits per heavy atom. The molecular formula is C14H11FO2. The Balaban J connectivity index is 2.37. The van der Waals surface area contributed by atoms with E-state index in [1.807, 2.05) is 0 Å². The third-order valence-electron chi connectivity index (χ3n) is 2.32. The molecular weight excluding hydrogens is 219 g/mol. The van der Waals surface area contributed by atoms with Crippen molar-refractivity contribution in [3.8, 4) is 11.5 Å². The number of ether oxygens (including phenoxy) is 1. The van der Waals surface area contributed by atoms with E-state index in [1.54, 1.807) is 36.4 Å². The zero-order chi connectivity index (χ0) is 12.3. The summed E-state index contributed by atoms with van der Waals surface area (Å²) in [5.74, 6) is -0.0888. The second kappa shape index (κ2) is 4.78. The van der Waals surface area contributed by atoms with Crippen LogP contribution in [0.1, 0.15) is 17.3 Å². The summed E-state index contributed by atoms with van der Waals surface area (Å²) in [6, 6.07) is 12.9. The highest BCUT2D eigenvalue weighted by Gasteiger charge is 2.10. The first-order chi connectivity index (χ1) is 8.18. The predicted molar refractivity (Wildman–Crippen MR) is 62.9 cm³/mol. The Morgan fingerprint density at radius 1 is 1.00 bits per heavy atom. The third kappa shape index (κ3) is 2.50. The summed E-state index contributed by atoms with van der Waals surface area (Å²) < 4.78 is 18.8. The van der Waals surface area contributed by atoms with Crippen molar-refractivity contribution < 1.29 is 13.9 Å². The minimum absolute atomic E-state index is 0.112. The van der Waals surface area contributed by atoms with Crippen LogP contribution < -0.4 is 4.74 Å². The monoisotopic (exact) mass is 230 g/mol. The van der Waals surface area contributed by atoms with Gasteiger partial charge in [0.25, 0.3) is 0 Å². The van der Waals surface area contributed by atoms with Crippen molar-refractivity contribution in [3.05, 3.63) is 59.9 Å². The molecule has 0 amide bonds. The van der Waals surface area contributed by atoms with Crippen molar-refractivity contribution in [3.63, 3.8) is 0 Å². The molecule has 86 valence electrons. The third-order valence-corrected chi connectivity index (χ3v) is 2.32. The molecule has 3 heteroatoms. The first-order valence-corrected chi connectivity index (χ1v) is 5.21. The zero-order valence-electron chi connectivity index (χ0n) is 9.31. The molecule has 0 bridgehead atoms. The van der Waals surface area contributed by atoms with E-state index in [1.165, 1.54) is 19.1 Å². The molecule has 0 radical (unpaired) electrons. The molecule has 0 saturated carbocycles. The molecule has 0 fully saturated rings. The standard InChI is InChI=1S/C14H11FO2/c1-10(16)11-6-2-4-8-13(11)17-14-9-5-3-7-12(14)15/h2-9H,1H3. The largest absolute Gasteiger partial charge is 0.454 e. The molecule has 2 nitrogen and oxygen atoms in total. The lowest BCUT2D eigenvalue weighted by Crippen LogP contribution is -1.97. The van der Waals surface area contributed by atoms with Gasteiger partial charge in [-0.15, -0.1) is 0 Å². The molecule has 17 heavy (non-hydrogen) atoms. The molecule has 0 aliphatic carbocycles. The number of carbonyl (C=O) groups excluding carboxylic acids is 1. The van der Waals surface area contributed by atoms with Gasteiger partial charge in [0.1, 0.15) is 5.75 Å². The van der Waals surface area contributed by atoms with Crippen LogP contribution in [0.5, 0.6) is 11.5 Å². The van der Waals surface area contributed by atoms with Crippen LogP contribution in [0.15, 0.2) is 48.5 Å². The van der Waals surface area contributed by atoms with E-state index in [0.29, 0.717) is 11.3 Å². The smallest absolute Gasteiger partial charge is 0.165 e. The summed E-state index contributed by atoms with van der Waals surface area (Å²) in [5, 5.41) is 0. The van der Waals surface area contributed by atoms with Gasteiger partial charge in [-0.2, -0.15) is 0 Å². The topological polar surface area (TPSA) is 26.3 Å². The summed E-state index contributed by atoms with van der Waals surface area (Å²) in [6.45, 7) is 1.45. The Labute approximate surface area is 98.7 Å². The van der Waals surface area contributed by atoms with E-state index < -0.39 is 5.82 Å². The van der Waals surface area contributed by atoms with Crippen LogP contribution >= 0.6 is 0 Å². The second-order valence-corrected chi connectivity index (χ2v) is 3.58. The maximum absolute atomic E-state index is 13.4. The van der Waals surface area contributed by atoms with E-state index in [-0.39, 0.29) is 11.5 Å². The normalized spacial score (nSPS) is 10.0. The van der Waals surface area contributed by atoms with Gasteiger partial charge in [0.15, 0.2) is 17.3 Å². The average molecular weight is 230 g/mol. The number of halogens is 1. The van der Waals surface area contributed by atoms with Crippen molar-refractivity contribution in [2.45, 2.75) is 6.92 Å². The van der Waals surface area contributed by atoms with E-state index in [4.69, 9.17) is 4.74 Å². The van der Waals surface area contributed by atoms with Crippen molar-refractivity contribution in [2.24, 2.45) is 0 Å². The van der Waals surface area contributed by atoms with Gasteiger partial charge in [0, 0.05) is 0 Å². The minimum atomic E-state index is -0.453. The van der Waals surface area contributed by atoms with E-state index in [9.17, 15) is 9.18 Å².